The van der Waals surface area contributed by atoms with Crippen molar-refractivity contribution in [2.24, 2.45) is 0 Å². The third-order valence-electron chi connectivity index (χ3n) is 4.54. The summed E-state index contributed by atoms with van der Waals surface area (Å²) in [5.41, 5.74) is -0.509. The molecule has 0 saturated carbocycles. The molecular weight excluding hydrogens is 542 g/mol. The second-order valence-corrected chi connectivity index (χ2v) is 8.61. The van der Waals surface area contributed by atoms with E-state index in [1.807, 2.05) is 26.0 Å². The number of halogens is 11. The monoisotopic (exact) mass is 562 g/mol. The van der Waals surface area contributed by atoms with E-state index in [1.165, 1.54) is 25.5 Å². The van der Waals surface area contributed by atoms with E-state index < -0.39 is 35.2 Å². The van der Waals surface area contributed by atoms with Gasteiger partial charge < -0.3 is 0 Å². The van der Waals surface area contributed by atoms with Crippen molar-refractivity contribution in [1.29, 1.82) is 0 Å². The third kappa shape index (κ3) is 10.3. The van der Waals surface area contributed by atoms with E-state index in [1.54, 1.807) is 0 Å². The van der Waals surface area contributed by atoms with Crippen LogP contribution in [-0.4, -0.2) is 0 Å². The average Bonchev–Trinajstić information content (AvgIpc) is 2.71. The van der Waals surface area contributed by atoms with Crippen molar-refractivity contribution in [1.82, 2.24) is 0 Å². The molecule has 0 heterocycles. The molecule has 11 heteroatoms. The van der Waals surface area contributed by atoms with Gasteiger partial charge in [-0.3, -0.25) is 0 Å². The topological polar surface area (TPSA) is 0 Å². The molecule has 0 spiro atoms. The second-order valence-electron chi connectivity index (χ2n) is 7.80. The number of hydrogen-bond donors (Lipinski definition) is 0. The molecule has 0 N–H and O–H groups in total. The Morgan fingerprint density at radius 3 is 1.28 bits per heavy atom. The van der Waals surface area contributed by atoms with Gasteiger partial charge in [0.1, 0.15) is 0 Å². The molecule has 0 atom stereocenters. The first kappa shape index (κ1) is 31.6. The summed E-state index contributed by atoms with van der Waals surface area (Å²) in [5, 5.41) is 1.21. The Morgan fingerprint density at radius 1 is 0.444 bits per heavy atom. The summed E-state index contributed by atoms with van der Waals surface area (Å²) >= 11 is 11.4. The maximum atomic E-state index is 12.2. The molecule has 0 fully saturated rings. The Hall–Kier alpha value is -2.39. The molecule has 0 aromatic heterocycles. The molecule has 3 aromatic rings. The lowest BCUT2D eigenvalue weighted by Crippen LogP contribution is -2.11. The highest BCUT2D eigenvalue weighted by molar-refractivity contribution is 6.31. The highest BCUT2D eigenvalue weighted by atomic mass is 35.5. The molecule has 0 nitrogen and oxygen atoms in total. The third-order valence-corrected chi connectivity index (χ3v) is 5.38. The molecule has 0 bridgehead atoms. The average molecular weight is 563 g/mol. The van der Waals surface area contributed by atoms with Crippen LogP contribution in [0.25, 0.3) is 0 Å². The summed E-state index contributed by atoms with van der Waals surface area (Å²) in [4.78, 5) is 0. The van der Waals surface area contributed by atoms with Gasteiger partial charge in [0, 0.05) is 10.0 Å². The van der Waals surface area contributed by atoms with E-state index >= 15 is 0 Å². The first-order valence-corrected chi connectivity index (χ1v) is 10.8. The Kier molecular flexibility index (Phi) is 10.8. The van der Waals surface area contributed by atoms with Crippen LogP contribution in [0.2, 0.25) is 10.0 Å². The van der Waals surface area contributed by atoms with Crippen molar-refractivity contribution in [3.05, 3.63) is 104 Å². The van der Waals surface area contributed by atoms with Gasteiger partial charge in [-0.2, -0.15) is 39.5 Å². The summed E-state index contributed by atoms with van der Waals surface area (Å²) in [6.45, 7) is 6.76. The van der Waals surface area contributed by atoms with Gasteiger partial charge in [0.25, 0.3) is 0 Å². The molecule has 3 rings (SSSR count). The number of rotatable bonds is 0. The number of hydrogen-bond acceptors (Lipinski definition) is 0. The van der Waals surface area contributed by atoms with Crippen molar-refractivity contribution < 1.29 is 39.5 Å². The van der Waals surface area contributed by atoms with Crippen LogP contribution in [0.15, 0.2) is 54.6 Å². The van der Waals surface area contributed by atoms with Crippen molar-refractivity contribution in [2.75, 3.05) is 0 Å². The van der Waals surface area contributed by atoms with Crippen LogP contribution in [0, 0.1) is 27.7 Å². The van der Waals surface area contributed by atoms with Crippen molar-refractivity contribution in [3.8, 4) is 0 Å². The fourth-order valence-corrected chi connectivity index (χ4v) is 2.98. The standard InChI is InChI=1S/C9H6F6.C8H6ClF3.C8H9Cl/c1-5-2-6(8(10,11)12)4-7(3-5)9(13,14)15;1-5-4-6(8(10,11)12)2-3-7(5)9;1-6-3-4-7(2)8(9)5-6/h2-4H,1H3;2-4H,1H3;3-5H,1-2H3. The van der Waals surface area contributed by atoms with Gasteiger partial charge in [-0.15, -0.1) is 0 Å². The van der Waals surface area contributed by atoms with Gasteiger partial charge in [-0.25, -0.2) is 0 Å². The van der Waals surface area contributed by atoms with Crippen LogP contribution >= 0.6 is 23.2 Å². The molecule has 3 aromatic carbocycles. The molecule has 0 amide bonds. The van der Waals surface area contributed by atoms with Gasteiger partial charge in [0.15, 0.2) is 0 Å². The summed E-state index contributed by atoms with van der Waals surface area (Å²) in [5.74, 6) is 0. The van der Waals surface area contributed by atoms with Crippen LogP contribution in [0.1, 0.15) is 38.9 Å². The molecule has 0 aliphatic rings. The Labute approximate surface area is 212 Å². The van der Waals surface area contributed by atoms with Crippen molar-refractivity contribution in [2.45, 2.75) is 46.2 Å². The normalized spacial score (nSPS) is 11.8. The predicted molar refractivity (Wildman–Crippen MR) is 123 cm³/mol. The first-order valence-electron chi connectivity index (χ1n) is 10.0. The van der Waals surface area contributed by atoms with Crippen LogP contribution < -0.4 is 0 Å². The van der Waals surface area contributed by atoms with Crippen LogP contribution in [0.5, 0.6) is 0 Å². The van der Waals surface area contributed by atoms with Crippen molar-refractivity contribution >= 4 is 23.2 Å². The second kappa shape index (κ2) is 12.2. The van der Waals surface area contributed by atoms with E-state index in [9.17, 15) is 39.5 Å². The lowest BCUT2D eigenvalue weighted by atomic mass is 10.1. The summed E-state index contributed by atoms with van der Waals surface area (Å²) in [6, 6.07) is 10.8. The van der Waals surface area contributed by atoms with E-state index in [0.717, 1.165) is 22.7 Å². The fourth-order valence-electron chi connectivity index (χ4n) is 2.63. The van der Waals surface area contributed by atoms with Gasteiger partial charge >= 0.3 is 18.5 Å². The number of aryl methyl sites for hydroxylation is 4. The van der Waals surface area contributed by atoms with Crippen LogP contribution in [0.3, 0.4) is 0 Å². The maximum absolute atomic E-state index is 12.2. The van der Waals surface area contributed by atoms with Gasteiger partial charge in [0.2, 0.25) is 0 Å². The maximum Gasteiger partial charge on any atom is 0.416 e. The zero-order chi connectivity index (χ0) is 28.1. The van der Waals surface area contributed by atoms with Gasteiger partial charge in [0.05, 0.1) is 16.7 Å². The summed E-state index contributed by atoms with van der Waals surface area (Å²) < 4.78 is 109. The lowest BCUT2D eigenvalue weighted by Gasteiger charge is -2.12. The lowest BCUT2D eigenvalue weighted by molar-refractivity contribution is -0.143. The molecule has 0 saturated heterocycles. The Balaban J connectivity index is 0.000000279. The summed E-state index contributed by atoms with van der Waals surface area (Å²) in [7, 11) is 0. The van der Waals surface area contributed by atoms with E-state index in [-0.39, 0.29) is 11.6 Å². The number of benzene rings is 3. The number of alkyl halides is 9. The Bertz CT molecular complexity index is 1130. The van der Waals surface area contributed by atoms with Gasteiger partial charge in [-0.1, -0.05) is 35.3 Å². The molecule has 0 radical (unpaired) electrons. The molecule has 36 heavy (non-hydrogen) atoms. The van der Waals surface area contributed by atoms with E-state index in [2.05, 4.69) is 6.07 Å². The van der Waals surface area contributed by atoms with Crippen LogP contribution in [0.4, 0.5) is 39.5 Å². The predicted octanol–water partition coefficient (Wildman–Crippen LogP) is 10.7. The van der Waals surface area contributed by atoms with Crippen LogP contribution in [-0.2, 0) is 18.5 Å². The molecule has 0 aliphatic heterocycles. The highest BCUT2D eigenvalue weighted by Gasteiger charge is 2.36. The van der Waals surface area contributed by atoms with Crippen molar-refractivity contribution in [3.63, 3.8) is 0 Å². The minimum atomic E-state index is -4.76. The SMILES string of the molecule is Cc1cc(C(F)(F)F)cc(C(F)(F)F)c1.Cc1cc(C(F)(F)F)ccc1Cl.Cc1ccc(C)c(Cl)c1. The minimum absolute atomic E-state index is 0.0721. The molecular formula is C25H21Cl2F9. The minimum Gasteiger partial charge on any atom is -0.166 e. The molecule has 0 aliphatic carbocycles. The summed E-state index contributed by atoms with van der Waals surface area (Å²) in [6.07, 6.45) is -13.8. The fraction of sp³-hybridized carbons (Fsp3) is 0.280. The van der Waals surface area contributed by atoms with E-state index in [0.29, 0.717) is 22.7 Å². The Morgan fingerprint density at radius 2 is 0.917 bits per heavy atom. The first-order chi connectivity index (χ1) is 16.2. The smallest absolute Gasteiger partial charge is 0.166 e. The highest BCUT2D eigenvalue weighted by Crippen LogP contribution is 2.36. The molecule has 198 valence electrons. The quantitative estimate of drug-likeness (QED) is 0.239. The largest absolute Gasteiger partial charge is 0.416 e. The zero-order valence-corrected chi connectivity index (χ0v) is 20.9. The zero-order valence-electron chi connectivity index (χ0n) is 19.4. The molecule has 0 unspecified atom stereocenters. The van der Waals surface area contributed by atoms with E-state index in [4.69, 9.17) is 23.2 Å². The van der Waals surface area contributed by atoms with Gasteiger partial charge in [-0.05, 0) is 92.4 Å².